The summed E-state index contributed by atoms with van der Waals surface area (Å²) in [6, 6.07) is 0. The fourth-order valence-electron chi connectivity index (χ4n) is 0.533. The van der Waals surface area contributed by atoms with Gasteiger partial charge < -0.3 is 0 Å². The molecule has 1 nitrogen and oxygen atoms in total. The first kappa shape index (κ1) is 9.99. The normalized spacial score (nSPS) is 10.6. The summed E-state index contributed by atoms with van der Waals surface area (Å²) in [5.41, 5.74) is 0. The summed E-state index contributed by atoms with van der Waals surface area (Å²) in [7, 11) is 0. The van der Waals surface area contributed by atoms with E-state index in [0.717, 1.165) is 19.3 Å². The molecule has 0 N–H and O–H groups in total. The highest BCUT2D eigenvalue weighted by Gasteiger charge is 1.85. The molecule has 0 radical (unpaired) electrons. The minimum absolute atomic E-state index is 0.411. The van der Waals surface area contributed by atoms with Crippen molar-refractivity contribution in [2.75, 3.05) is 5.88 Å². The van der Waals surface area contributed by atoms with Crippen LogP contribution in [0.4, 0.5) is 0 Å². The summed E-state index contributed by atoms with van der Waals surface area (Å²) in [6.07, 6.45) is 6.02. The van der Waals surface area contributed by atoms with E-state index in [1.807, 2.05) is 0 Å². The molecular formula is C7H10Cl2O. The van der Waals surface area contributed by atoms with Gasteiger partial charge in [-0.05, 0) is 36.9 Å². The zero-order valence-electron chi connectivity index (χ0n) is 5.65. The summed E-state index contributed by atoms with van der Waals surface area (Å²) in [5, 5.41) is -0.411. The van der Waals surface area contributed by atoms with Gasteiger partial charge in [0.25, 0.3) is 0 Å². The molecule has 0 unspecified atom stereocenters. The predicted octanol–water partition coefficient (Wildman–Crippen LogP) is 2.72. The fourth-order valence-corrected chi connectivity index (χ4v) is 0.811. The van der Waals surface area contributed by atoms with E-state index in [2.05, 4.69) is 0 Å². The molecule has 0 bridgehead atoms. The molecule has 0 aliphatic heterocycles. The number of hydrogen-bond acceptors (Lipinski definition) is 1. The topological polar surface area (TPSA) is 17.1 Å². The highest BCUT2D eigenvalue weighted by atomic mass is 35.5. The SMILES string of the molecule is O=C(Cl)C=CCCCCCl. The molecule has 0 fully saturated rings. The second kappa shape index (κ2) is 7.10. The molecule has 0 aliphatic rings. The Bertz CT molecular complexity index is 121. The molecule has 0 amide bonds. The average molecular weight is 181 g/mol. The van der Waals surface area contributed by atoms with Crippen LogP contribution in [0.1, 0.15) is 19.3 Å². The van der Waals surface area contributed by atoms with E-state index in [0.29, 0.717) is 5.88 Å². The number of allylic oxidation sites excluding steroid dienone is 2. The van der Waals surface area contributed by atoms with Crippen LogP contribution in [0, 0.1) is 0 Å². The van der Waals surface area contributed by atoms with Crippen LogP contribution in [-0.2, 0) is 4.79 Å². The highest BCUT2D eigenvalue weighted by molar-refractivity contribution is 6.66. The van der Waals surface area contributed by atoms with E-state index in [-0.39, 0.29) is 0 Å². The van der Waals surface area contributed by atoms with Crippen molar-refractivity contribution in [1.29, 1.82) is 0 Å². The summed E-state index contributed by atoms with van der Waals surface area (Å²) < 4.78 is 0. The van der Waals surface area contributed by atoms with Gasteiger partial charge in [-0.2, -0.15) is 0 Å². The predicted molar refractivity (Wildman–Crippen MR) is 44.6 cm³/mol. The second-order valence-corrected chi connectivity index (χ2v) is 2.64. The molecule has 0 aromatic carbocycles. The maximum Gasteiger partial charge on any atom is 0.244 e. The standard InChI is InChI=1S/C7H10Cl2O/c8-6-4-2-1-3-5-7(9)10/h3,5H,1-2,4,6H2. The lowest BCUT2D eigenvalue weighted by molar-refractivity contribution is -0.107. The molecule has 58 valence electrons. The van der Waals surface area contributed by atoms with Crippen LogP contribution in [0.2, 0.25) is 0 Å². The van der Waals surface area contributed by atoms with Crippen LogP contribution in [0.5, 0.6) is 0 Å². The first-order valence-corrected chi connectivity index (χ1v) is 4.10. The zero-order valence-corrected chi connectivity index (χ0v) is 7.16. The van der Waals surface area contributed by atoms with Gasteiger partial charge in [0.05, 0.1) is 0 Å². The van der Waals surface area contributed by atoms with Crippen LogP contribution >= 0.6 is 23.2 Å². The Balaban J connectivity index is 3.10. The minimum Gasteiger partial charge on any atom is -0.276 e. The number of hydrogen-bond donors (Lipinski definition) is 0. The molecular weight excluding hydrogens is 171 g/mol. The molecule has 0 heterocycles. The molecule has 0 aromatic heterocycles. The van der Waals surface area contributed by atoms with Crippen molar-refractivity contribution in [1.82, 2.24) is 0 Å². The lowest BCUT2D eigenvalue weighted by Crippen LogP contribution is -1.77. The van der Waals surface area contributed by atoms with Gasteiger partial charge in [-0.3, -0.25) is 4.79 Å². The number of alkyl halides is 1. The van der Waals surface area contributed by atoms with E-state index >= 15 is 0 Å². The third kappa shape index (κ3) is 7.99. The maximum atomic E-state index is 10.1. The van der Waals surface area contributed by atoms with Crippen molar-refractivity contribution in [3.05, 3.63) is 12.2 Å². The Morgan fingerprint density at radius 1 is 1.40 bits per heavy atom. The van der Waals surface area contributed by atoms with Gasteiger partial charge in [-0.25, -0.2) is 0 Å². The lowest BCUT2D eigenvalue weighted by Gasteiger charge is -1.88. The third-order valence-corrected chi connectivity index (χ3v) is 1.40. The van der Waals surface area contributed by atoms with Crippen LogP contribution in [0.3, 0.4) is 0 Å². The zero-order chi connectivity index (χ0) is 7.82. The minimum atomic E-state index is -0.411. The second-order valence-electron chi connectivity index (χ2n) is 1.89. The number of rotatable bonds is 5. The van der Waals surface area contributed by atoms with Crippen molar-refractivity contribution < 1.29 is 4.79 Å². The van der Waals surface area contributed by atoms with E-state index in [4.69, 9.17) is 23.2 Å². The lowest BCUT2D eigenvalue weighted by atomic mass is 10.2. The number of carbonyl (C=O) groups excluding carboxylic acids is 1. The molecule has 0 aromatic rings. The first-order chi connectivity index (χ1) is 4.77. The van der Waals surface area contributed by atoms with Crippen LogP contribution in [0.15, 0.2) is 12.2 Å². The molecule has 0 saturated carbocycles. The molecule has 0 aliphatic carbocycles. The average Bonchev–Trinajstić information content (AvgIpc) is 1.87. The Labute approximate surface area is 71.0 Å². The van der Waals surface area contributed by atoms with E-state index in [9.17, 15) is 4.79 Å². The smallest absolute Gasteiger partial charge is 0.244 e. The van der Waals surface area contributed by atoms with Crippen molar-refractivity contribution >= 4 is 28.4 Å². The van der Waals surface area contributed by atoms with Crippen LogP contribution in [0.25, 0.3) is 0 Å². The fraction of sp³-hybridized carbons (Fsp3) is 0.571. The van der Waals surface area contributed by atoms with Crippen molar-refractivity contribution in [2.45, 2.75) is 19.3 Å². The van der Waals surface area contributed by atoms with Crippen molar-refractivity contribution in [2.24, 2.45) is 0 Å². The number of unbranched alkanes of at least 4 members (excludes halogenated alkanes) is 2. The Morgan fingerprint density at radius 3 is 2.60 bits per heavy atom. The van der Waals surface area contributed by atoms with Gasteiger partial charge in [-0.15, -0.1) is 11.6 Å². The van der Waals surface area contributed by atoms with Gasteiger partial charge in [0.1, 0.15) is 0 Å². The number of carbonyl (C=O) groups is 1. The van der Waals surface area contributed by atoms with E-state index < -0.39 is 5.24 Å². The third-order valence-electron chi connectivity index (χ3n) is 1.00. The number of halogens is 2. The molecule has 0 atom stereocenters. The quantitative estimate of drug-likeness (QED) is 0.276. The molecule has 0 spiro atoms. The summed E-state index contributed by atoms with van der Waals surface area (Å²) in [5.74, 6) is 0.683. The van der Waals surface area contributed by atoms with Gasteiger partial charge in [0, 0.05) is 5.88 Å². The molecule has 0 saturated heterocycles. The summed E-state index contributed by atoms with van der Waals surface area (Å²) in [4.78, 5) is 10.1. The molecule has 10 heavy (non-hydrogen) atoms. The first-order valence-electron chi connectivity index (χ1n) is 3.19. The van der Waals surface area contributed by atoms with Gasteiger partial charge in [-0.1, -0.05) is 6.08 Å². The molecule has 3 heteroatoms. The monoisotopic (exact) mass is 180 g/mol. The summed E-state index contributed by atoms with van der Waals surface area (Å²) >= 11 is 10.5. The van der Waals surface area contributed by atoms with E-state index in [1.54, 1.807) is 6.08 Å². The Morgan fingerprint density at radius 2 is 2.10 bits per heavy atom. The van der Waals surface area contributed by atoms with Crippen LogP contribution < -0.4 is 0 Å². The Hall–Kier alpha value is -0.0100. The van der Waals surface area contributed by atoms with Crippen molar-refractivity contribution in [3.63, 3.8) is 0 Å². The van der Waals surface area contributed by atoms with Gasteiger partial charge in [0.2, 0.25) is 5.24 Å². The molecule has 0 rings (SSSR count). The van der Waals surface area contributed by atoms with Gasteiger partial charge >= 0.3 is 0 Å². The van der Waals surface area contributed by atoms with E-state index in [1.165, 1.54) is 6.08 Å². The van der Waals surface area contributed by atoms with Crippen molar-refractivity contribution in [3.8, 4) is 0 Å². The van der Waals surface area contributed by atoms with Crippen LogP contribution in [-0.4, -0.2) is 11.1 Å². The Kier molecular flexibility index (Phi) is 7.09. The van der Waals surface area contributed by atoms with Gasteiger partial charge in [0.15, 0.2) is 0 Å². The summed E-state index contributed by atoms with van der Waals surface area (Å²) in [6.45, 7) is 0. The largest absolute Gasteiger partial charge is 0.276 e. The maximum absolute atomic E-state index is 10.1. The highest BCUT2D eigenvalue weighted by Crippen LogP contribution is 1.98.